The van der Waals surface area contributed by atoms with E-state index in [4.69, 9.17) is 4.74 Å². The van der Waals surface area contributed by atoms with Gasteiger partial charge in [0.25, 0.3) is 5.56 Å². The van der Waals surface area contributed by atoms with Gasteiger partial charge in [0.2, 0.25) is 0 Å². The standard InChI is InChI=1S/C11H10BrNO2/c1-13-9(14)6-4-7-3-5-8(15-2)10(12)11(7)13/h3-6H,1-2H3. The number of ether oxygens (including phenoxy) is 1. The Labute approximate surface area is 95.4 Å². The Morgan fingerprint density at radius 1 is 1.27 bits per heavy atom. The summed E-state index contributed by atoms with van der Waals surface area (Å²) < 4.78 is 7.59. The molecule has 0 N–H and O–H groups in total. The molecule has 0 radical (unpaired) electrons. The van der Waals surface area contributed by atoms with Crippen molar-refractivity contribution < 1.29 is 4.74 Å². The molecule has 1 aromatic carbocycles. The predicted octanol–water partition coefficient (Wildman–Crippen LogP) is 2.31. The molecule has 2 aromatic rings. The largest absolute Gasteiger partial charge is 0.495 e. The highest BCUT2D eigenvalue weighted by atomic mass is 79.9. The Morgan fingerprint density at radius 3 is 2.60 bits per heavy atom. The molecule has 0 spiro atoms. The summed E-state index contributed by atoms with van der Waals surface area (Å²) in [6, 6.07) is 7.17. The molecule has 78 valence electrons. The van der Waals surface area contributed by atoms with E-state index < -0.39 is 0 Å². The minimum absolute atomic E-state index is 0.0311. The molecule has 0 aliphatic rings. The average molecular weight is 268 g/mol. The van der Waals surface area contributed by atoms with Crippen LogP contribution in [0.1, 0.15) is 0 Å². The van der Waals surface area contributed by atoms with Gasteiger partial charge in [-0.25, -0.2) is 0 Å². The number of hydrogen-bond acceptors (Lipinski definition) is 2. The van der Waals surface area contributed by atoms with Gasteiger partial charge in [-0.15, -0.1) is 0 Å². The molecule has 0 unspecified atom stereocenters. The first-order chi connectivity index (χ1) is 7.15. The Hall–Kier alpha value is -1.29. The number of halogens is 1. The molecule has 0 atom stereocenters. The van der Waals surface area contributed by atoms with E-state index in [-0.39, 0.29) is 5.56 Å². The molecule has 15 heavy (non-hydrogen) atoms. The summed E-state index contributed by atoms with van der Waals surface area (Å²) in [6.45, 7) is 0. The van der Waals surface area contributed by atoms with Crippen LogP contribution in [0.5, 0.6) is 5.75 Å². The lowest BCUT2D eigenvalue weighted by atomic mass is 10.2. The fourth-order valence-corrected chi connectivity index (χ4v) is 2.37. The molecule has 0 saturated carbocycles. The minimum Gasteiger partial charge on any atom is -0.495 e. The second kappa shape index (κ2) is 3.70. The van der Waals surface area contributed by atoms with E-state index in [1.165, 1.54) is 0 Å². The van der Waals surface area contributed by atoms with Crippen molar-refractivity contribution in [3.8, 4) is 5.75 Å². The molecular weight excluding hydrogens is 258 g/mol. The summed E-state index contributed by atoms with van der Waals surface area (Å²) in [7, 11) is 3.35. The lowest BCUT2D eigenvalue weighted by molar-refractivity contribution is 0.412. The van der Waals surface area contributed by atoms with Crippen LogP contribution in [0.2, 0.25) is 0 Å². The van der Waals surface area contributed by atoms with Crippen LogP contribution >= 0.6 is 15.9 Å². The number of aryl methyl sites for hydroxylation is 1. The van der Waals surface area contributed by atoms with E-state index in [0.717, 1.165) is 21.1 Å². The van der Waals surface area contributed by atoms with Crippen molar-refractivity contribution in [3.05, 3.63) is 39.1 Å². The molecule has 0 aliphatic heterocycles. The second-order valence-corrected chi connectivity index (χ2v) is 4.04. The fourth-order valence-electron chi connectivity index (χ4n) is 1.58. The van der Waals surface area contributed by atoms with Crippen molar-refractivity contribution in [1.29, 1.82) is 0 Å². The first-order valence-electron chi connectivity index (χ1n) is 4.47. The summed E-state index contributed by atoms with van der Waals surface area (Å²) in [5.41, 5.74) is 0.818. The summed E-state index contributed by atoms with van der Waals surface area (Å²) in [5, 5.41) is 1.00. The van der Waals surface area contributed by atoms with E-state index in [9.17, 15) is 4.79 Å². The average Bonchev–Trinajstić information content (AvgIpc) is 2.24. The second-order valence-electron chi connectivity index (χ2n) is 3.25. The molecule has 1 aromatic heterocycles. The molecule has 0 saturated heterocycles. The maximum atomic E-state index is 11.5. The van der Waals surface area contributed by atoms with Crippen LogP contribution in [0.4, 0.5) is 0 Å². The van der Waals surface area contributed by atoms with Crippen molar-refractivity contribution >= 4 is 26.8 Å². The number of nitrogens with zero attached hydrogens (tertiary/aromatic N) is 1. The Balaban J connectivity index is 2.96. The van der Waals surface area contributed by atoms with Crippen molar-refractivity contribution in [1.82, 2.24) is 4.57 Å². The van der Waals surface area contributed by atoms with Crippen LogP contribution in [0, 0.1) is 0 Å². The fraction of sp³-hybridized carbons (Fsp3) is 0.182. The summed E-state index contributed by atoms with van der Waals surface area (Å²) >= 11 is 3.44. The number of aromatic nitrogens is 1. The SMILES string of the molecule is COc1ccc2ccc(=O)n(C)c2c1Br. The predicted molar refractivity (Wildman–Crippen MR) is 63.4 cm³/mol. The van der Waals surface area contributed by atoms with Gasteiger partial charge in [-0.2, -0.15) is 0 Å². The molecule has 0 aliphatic carbocycles. The normalized spacial score (nSPS) is 10.6. The van der Waals surface area contributed by atoms with Crippen LogP contribution < -0.4 is 10.3 Å². The van der Waals surface area contributed by atoms with Gasteiger partial charge in [0.1, 0.15) is 5.75 Å². The van der Waals surface area contributed by atoms with Crippen molar-refractivity contribution in [2.24, 2.45) is 7.05 Å². The topological polar surface area (TPSA) is 31.2 Å². The van der Waals surface area contributed by atoms with Gasteiger partial charge >= 0.3 is 0 Å². The van der Waals surface area contributed by atoms with Crippen molar-refractivity contribution in [2.45, 2.75) is 0 Å². The maximum absolute atomic E-state index is 11.5. The van der Waals surface area contributed by atoms with Crippen molar-refractivity contribution in [2.75, 3.05) is 7.11 Å². The summed E-state index contributed by atoms with van der Waals surface area (Å²) in [5.74, 6) is 0.726. The van der Waals surface area contributed by atoms with Gasteiger partial charge in [0, 0.05) is 13.1 Å². The highest BCUT2D eigenvalue weighted by Crippen LogP contribution is 2.31. The summed E-state index contributed by atoms with van der Waals surface area (Å²) in [4.78, 5) is 11.5. The monoisotopic (exact) mass is 267 g/mol. The lowest BCUT2D eigenvalue weighted by Gasteiger charge is -2.09. The molecule has 0 amide bonds. The van der Waals surface area contributed by atoms with Crippen LogP contribution in [0.15, 0.2) is 33.5 Å². The zero-order chi connectivity index (χ0) is 11.0. The number of pyridine rings is 1. The number of hydrogen-bond donors (Lipinski definition) is 0. The third kappa shape index (κ3) is 1.55. The molecule has 2 rings (SSSR count). The minimum atomic E-state index is -0.0311. The van der Waals surface area contributed by atoms with E-state index >= 15 is 0 Å². The Morgan fingerprint density at radius 2 is 1.93 bits per heavy atom. The molecule has 1 heterocycles. The van der Waals surface area contributed by atoms with E-state index in [0.29, 0.717) is 0 Å². The number of fused-ring (bicyclic) bond motifs is 1. The highest BCUT2D eigenvalue weighted by Gasteiger charge is 2.08. The summed E-state index contributed by atoms with van der Waals surface area (Å²) in [6.07, 6.45) is 0. The highest BCUT2D eigenvalue weighted by molar-refractivity contribution is 9.10. The van der Waals surface area contributed by atoms with Gasteiger partial charge in [0.15, 0.2) is 0 Å². The lowest BCUT2D eigenvalue weighted by Crippen LogP contribution is -2.15. The van der Waals surface area contributed by atoms with Gasteiger partial charge in [-0.1, -0.05) is 0 Å². The van der Waals surface area contributed by atoms with Gasteiger partial charge in [0.05, 0.1) is 17.1 Å². The molecule has 0 bridgehead atoms. The van der Waals surface area contributed by atoms with Crippen LogP contribution in [0.3, 0.4) is 0 Å². The zero-order valence-corrected chi connectivity index (χ0v) is 10.0. The first kappa shape index (κ1) is 10.2. The molecular formula is C11H10BrNO2. The Kier molecular flexibility index (Phi) is 2.52. The number of methoxy groups -OCH3 is 1. The van der Waals surface area contributed by atoms with E-state index in [1.807, 2.05) is 18.2 Å². The van der Waals surface area contributed by atoms with E-state index in [1.54, 1.807) is 24.8 Å². The number of benzene rings is 1. The molecule has 3 nitrogen and oxygen atoms in total. The Bertz CT molecular complexity index is 575. The quantitative estimate of drug-likeness (QED) is 0.794. The first-order valence-corrected chi connectivity index (χ1v) is 5.26. The zero-order valence-electron chi connectivity index (χ0n) is 8.45. The third-order valence-corrected chi connectivity index (χ3v) is 3.17. The van der Waals surface area contributed by atoms with Crippen LogP contribution in [-0.4, -0.2) is 11.7 Å². The third-order valence-electron chi connectivity index (χ3n) is 2.40. The molecule has 0 fully saturated rings. The smallest absolute Gasteiger partial charge is 0.250 e. The van der Waals surface area contributed by atoms with Crippen molar-refractivity contribution in [3.63, 3.8) is 0 Å². The maximum Gasteiger partial charge on any atom is 0.250 e. The number of rotatable bonds is 1. The molecule has 4 heteroatoms. The van der Waals surface area contributed by atoms with E-state index in [2.05, 4.69) is 15.9 Å². The van der Waals surface area contributed by atoms with Gasteiger partial charge < -0.3 is 9.30 Å². The van der Waals surface area contributed by atoms with Crippen LogP contribution in [-0.2, 0) is 7.05 Å². The van der Waals surface area contributed by atoms with Gasteiger partial charge in [-0.05, 0) is 39.5 Å². The van der Waals surface area contributed by atoms with Crippen LogP contribution in [0.25, 0.3) is 10.9 Å². The van der Waals surface area contributed by atoms with Gasteiger partial charge in [-0.3, -0.25) is 4.79 Å².